The Morgan fingerprint density at radius 2 is 1.61 bits per heavy atom. The number of hydrogen-bond acceptors (Lipinski definition) is 3. The van der Waals surface area contributed by atoms with Crippen LogP contribution in [0.25, 0.3) is 6.08 Å². The summed E-state index contributed by atoms with van der Waals surface area (Å²) in [5.41, 5.74) is -0.291. The minimum Gasteiger partial charge on any atom is -0.493 e. The summed E-state index contributed by atoms with van der Waals surface area (Å²) in [6.45, 7) is 0. The molecule has 0 saturated heterocycles. The Labute approximate surface area is 131 Å². The molecule has 23 heavy (non-hydrogen) atoms. The van der Waals surface area contributed by atoms with Gasteiger partial charge in [0.2, 0.25) is 0 Å². The zero-order valence-electron chi connectivity index (χ0n) is 12.1. The van der Waals surface area contributed by atoms with E-state index in [0.717, 1.165) is 18.2 Å². The Hall–Kier alpha value is -2.76. The molecule has 0 heterocycles. The second-order valence-corrected chi connectivity index (χ2v) is 4.53. The maximum atomic E-state index is 12.4. The molecule has 0 unspecified atom stereocenters. The zero-order valence-corrected chi connectivity index (χ0v) is 12.1. The molecular formula is C17H13F3O3. The van der Waals surface area contributed by atoms with Gasteiger partial charge in [0.1, 0.15) is 0 Å². The number of alkyl halides is 3. The Morgan fingerprint density at radius 3 is 2.17 bits per heavy atom. The highest BCUT2D eigenvalue weighted by Crippen LogP contribution is 2.29. The molecule has 0 atom stereocenters. The number of para-hydroxylation sites is 2. The van der Waals surface area contributed by atoms with Crippen molar-refractivity contribution in [2.45, 2.75) is 6.18 Å². The number of ether oxygens (including phenoxy) is 2. The predicted octanol–water partition coefficient (Wildman–Crippen LogP) is 4.33. The van der Waals surface area contributed by atoms with Gasteiger partial charge in [-0.2, -0.15) is 13.2 Å². The van der Waals surface area contributed by atoms with E-state index >= 15 is 0 Å². The number of methoxy groups -OCH3 is 1. The fourth-order valence-electron chi connectivity index (χ4n) is 1.79. The fourth-order valence-corrected chi connectivity index (χ4v) is 1.79. The summed E-state index contributed by atoms with van der Waals surface area (Å²) in [6, 6.07) is 11.1. The molecule has 0 saturated carbocycles. The van der Waals surface area contributed by atoms with Crippen molar-refractivity contribution in [3.8, 4) is 11.5 Å². The number of esters is 1. The molecule has 2 rings (SSSR count). The molecule has 0 aliphatic carbocycles. The molecule has 0 aromatic heterocycles. The van der Waals surface area contributed by atoms with Gasteiger partial charge in [-0.1, -0.05) is 24.3 Å². The standard InChI is InChI=1S/C17H13F3O3/c1-22-14-4-2-3-5-15(14)23-16(21)11-8-12-6-9-13(10-7-12)17(18,19)20/h2-11H,1H3/b11-8+. The monoisotopic (exact) mass is 322 g/mol. The third-order valence-corrected chi connectivity index (χ3v) is 2.93. The van der Waals surface area contributed by atoms with Crippen LogP contribution < -0.4 is 9.47 Å². The van der Waals surface area contributed by atoms with Gasteiger partial charge in [-0.05, 0) is 35.9 Å². The largest absolute Gasteiger partial charge is 0.493 e. The van der Waals surface area contributed by atoms with E-state index in [1.54, 1.807) is 24.3 Å². The first-order chi connectivity index (χ1) is 10.9. The van der Waals surface area contributed by atoms with E-state index in [1.807, 2.05) is 0 Å². The molecule has 0 fully saturated rings. The normalized spacial score (nSPS) is 11.5. The van der Waals surface area contributed by atoms with Gasteiger partial charge in [-0.15, -0.1) is 0 Å². The molecule has 0 N–H and O–H groups in total. The van der Waals surface area contributed by atoms with Gasteiger partial charge in [0, 0.05) is 6.08 Å². The smallest absolute Gasteiger partial charge is 0.416 e. The van der Waals surface area contributed by atoms with Gasteiger partial charge in [-0.25, -0.2) is 4.79 Å². The Bertz CT molecular complexity index is 704. The Kier molecular flexibility index (Phi) is 5.05. The molecule has 0 amide bonds. The molecule has 6 heteroatoms. The van der Waals surface area contributed by atoms with Crippen LogP contribution in [0.3, 0.4) is 0 Å². The lowest BCUT2D eigenvalue weighted by Crippen LogP contribution is -2.05. The van der Waals surface area contributed by atoms with Crippen molar-refractivity contribution in [1.82, 2.24) is 0 Å². The van der Waals surface area contributed by atoms with Crippen LogP contribution >= 0.6 is 0 Å². The van der Waals surface area contributed by atoms with Crippen LogP contribution in [-0.4, -0.2) is 13.1 Å². The van der Waals surface area contributed by atoms with Crippen molar-refractivity contribution >= 4 is 12.0 Å². The highest BCUT2D eigenvalue weighted by atomic mass is 19.4. The molecule has 2 aromatic carbocycles. The first-order valence-corrected chi connectivity index (χ1v) is 6.60. The minimum absolute atomic E-state index is 0.261. The van der Waals surface area contributed by atoms with E-state index in [9.17, 15) is 18.0 Å². The lowest BCUT2D eigenvalue weighted by molar-refractivity contribution is -0.137. The second kappa shape index (κ2) is 7.00. The van der Waals surface area contributed by atoms with Crippen molar-refractivity contribution in [1.29, 1.82) is 0 Å². The lowest BCUT2D eigenvalue weighted by atomic mass is 10.1. The number of benzene rings is 2. The SMILES string of the molecule is COc1ccccc1OC(=O)/C=C/c1ccc(C(F)(F)F)cc1. The second-order valence-electron chi connectivity index (χ2n) is 4.53. The van der Waals surface area contributed by atoms with Crippen molar-refractivity contribution < 1.29 is 27.4 Å². The van der Waals surface area contributed by atoms with E-state index in [-0.39, 0.29) is 5.75 Å². The Morgan fingerprint density at radius 1 is 1.00 bits per heavy atom. The zero-order chi connectivity index (χ0) is 16.9. The summed E-state index contributed by atoms with van der Waals surface area (Å²) in [6.07, 6.45) is -1.88. The van der Waals surface area contributed by atoms with Gasteiger partial charge in [0.05, 0.1) is 12.7 Å². The summed E-state index contributed by atoms with van der Waals surface area (Å²) in [4.78, 5) is 11.7. The third kappa shape index (κ3) is 4.60. The van der Waals surface area contributed by atoms with Crippen LogP contribution in [0, 0.1) is 0 Å². The average molecular weight is 322 g/mol. The van der Waals surface area contributed by atoms with Gasteiger partial charge < -0.3 is 9.47 Å². The molecule has 0 radical (unpaired) electrons. The maximum absolute atomic E-state index is 12.4. The fraction of sp³-hybridized carbons (Fsp3) is 0.118. The molecule has 0 aliphatic heterocycles. The molecule has 0 aliphatic rings. The number of hydrogen-bond donors (Lipinski definition) is 0. The van der Waals surface area contributed by atoms with Crippen molar-refractivity contribution in [2.75, 3.05) is 7.11 Å². The van der Waals surface area contributed by atoms with Crippen molar-refractivity contribution in [3.05, 3.63) is 65.7 Å². The number of carbonyl (C=O) groups is 1. The molecule has 3 nitrogen and oxygen atoms in total. The van der Waals surface area contributed by atoms with Gasteiger partial charge >= 0.3 is 12.1 Å². The number of halogens is 3. The summed E-state index contributed by atoms with van der Waals surface area (Å²) < 4.78 is 47.5. The van der Waals surface area contributed by atoms with Crippen LogP contribution in [0.2, 0.25) is 0 Å². The van der Waals surface area contributed by atoms with Crippen LogP contribution in [0.5, 0.6) is 11.5 Å². The van der Waals surface area contributed by atoms with E-state index in [1.165, 1.54) is 25.3 Å². The molecule has 120 valence electrons. The molecule has 0 spiro atoms. The lowest BCUT2D eigenvalue weighted by Gasteiger charge is -2.07. The van der Waals surface area contributed by atoms with E-state index < -0.39 is 17.7 Å². The number of rotatable bonds is 4. The van der Waals surface area contributed by atoms with E-state index in [4.69, 9.17) is 9.47 Å². The maximum Gasteiger partial charge on any atom is 0.416 e. The highest BCUT2D eigenvalue weighted by Gasteiger charge is 2.29. The van der Waals surface area contributed by atoms with E-state index in [2.05, 4.69) is 0 Å². The topological polar surface area (TPSA) is 35.5 Å². The quantitative estimate of drug-likeness (QED) is 0.477. The predicted molar refractivity (Wildman–Crippen MR) is 79.1 cm³/mol. The van der Waals surface area contributed by atoms with Crippen LogP contribution in [0.4, 0.5) is 13.2 Å². The van der Waals surface area contributed by atoms with Crippen molar-refractivity contribution in [2.24, 2.45) is 0 Å². The van der Waals surface area contributed by atoms with Gasteiger partial charge in [-0.3, -0.25) is 0 Å². The van der Waals surface area contributed by atoms with Crippen LogP contribution in [0.1, 0.15) is 11.1 Å². The van der Waals surface area contributed by atoms with Gasteiger partial charge in [0.25, 0.3) is 0 Å². The molecular weight excluding hydrogens is 309 g/mol. The van der Waals surface area contributed by atoms with Crippen LogP contribution in [-0.2, 0) is 11.0 Å². The molecule has 0 bridgehead atoms. The highest BCUT2D eigenvalue weighted by molar-refractivity contribution is 5.89. The summed E-state index contributed by atoms with van der Waals surface area (Å²) in [5.74, 6) is 0.00949. The van der Waals surface area contributed by atoms with Gasteiger partial charge in [0.15, 0.2) is 11.5 Å². The number of carbonyl (C=O) groups excluding carboxylic acids is 1. The third-order valence-electron chi connectivity index (χ3n) is 2.93. The minimum atomic E-state index is -4.38. The molecule has 2 aromatic rings. The Balaban J connectivity index is 2.04. The first-order valence-electron chi connectivity index (χ1n) is 6.60. The summed E-state index contributed by atoms with van der Waals surface area (Å²) in [7, 11) is 1.45. The average Bonchev–Trinajstić information content (AvgIpc) is 2.53. The summed E-state index contributed by atoms with van der Waals surface area (Å²) >= 11 is 0. The van der Waals surface area contributed by atoms with Crippen LogP contribution in [0.15, 0.2) is 54.6 Å². The first kappa shape index (κ1) is 16.6. The summed E-state index contributed by atoms with van der Waals surface area (Å²) in [5, 5.41) is 0. The van der Waals surface area contributed by atoms with Crippen molar-refractivity contribution in [3.63, 3.8) is 0 Å². The van der Waals surface area contributed by atoms with E-state index in [0.29, 0.717) is 11.3 Å².